The van der Waals surface area contributed by atoms with E-state index in [0.717, 1.165) is 23.3 Å². The Hall–Kier alpha value is -2.71. The van der Waals surface area contributed by atoms with Gasteiger partial charge < -0.3 is 9.30 Å². The molecule has 7 nitrogen and oxygen atoms in total. The van der Waals surface area contributed by atoms with Gasteiger partial charge in [-0.05, 0) is 38.5 Å². The highest BCUT2D eigenvalue weighted by Gasteiger charge is 2.17. The summed E-state index contributed by atoms with van der Waals surface area (Å²) in [5.74, 6) is -1.15. The molecule has 8 heteroatoms. The fraction of sp³-hybridized carbons (Fsp3) is 0.300. The molecular weight excluding hydrogens is 380 g/mol. The first-order valence-electron chi connectivity index (χ1n) is 8.82. The number of nitrogens with one attached hydrogen (secondary N) is 1. The fourth-order valence-corrected chi connectivity index (χ4v) is 3.54. The average molecular weight is 404 g/mol. The van der Waals surface area contributed by atoms with Gasteiger partial charge in [0.25, 0.3) is 0 Å². The predicted octanol–water partition coefficient (Wildman–Crippen LogP) is 2.44. The first-order valence-corrected chi connectivity index (χ1v) is 10.4. The molecule has 0 unspecified atom stereocenters. The van der Waals surface area contributed by atoms with E-state index in [2.05, 4.69) is 4.72 Å². The van der Waals surface area contributed by atoms with Gasteiger partial charge in [-0.1, -0.05) is 30.3 Å². The van der Waals surface area contributed by atoms with Crippen LogP contribution in [0.5, 0.6) is 0 Å². The lowest BCUT2D eigenvalue weighted by Gasteiger charge is -2.07. The third-order valence-corrected chi connectivity index (χ3v) is 5.25. The standard InChI is InChI=1S/C20H24N2O5S/c1-4-22-15(2)12-18(16(22)3)19(23)14-27-20(24)13-21-28(25,26)11-10-17-8-6-5-7-9-17/h5-12,21H,4,13-14H2,1-3H3/b11-10+. The van der Waals surface area contributed by atoms with Crippen molar-refractivity contribution in [3.8, 4) is 0 Å². The Morgan fingerprint density at radius 1 is 1.18 bits per heavy atom. The Bertz CT molecular complexity index is 976. The lowest BCUT2D eigenvalue weighted by atomic mass is 10.1. The number of rotatable bonds is 9. The maximum Gasteiger partial charge on any atom is 0.321 e. The largest absolute Gasteiger partial charge is 0.456 e. The summed E-state index contributed by atoms with van der Waals surface area (Å²) < 4.78 is 32.8. The summed E-state index contributed by atoms with van der Waals surface area (Å²) in [5, 5.41) is 0.973. The van der Waals surface area contributed by atoms with Crippen molar-refractivity contribution in [3.05, 3.63) is 64.3 Å². The zero-order valence-electron chi connectivity index (χ0n) is 16.1. The molecule has 0 aliphatic heterocycles. The van der Waals surface area contributed by atoms with E-state index >= 15 is 0 Å². The summed E-state index contributed by atoms with van der Waals surface area (Å²) in [6, 6.07) is 10.6. The van der Waals surface area contributed by atoms with Crippen molar-refractivity contribution in [2.75, 3.05) is 13.2 Å². The topological polar surface area (TPSA) is 94.5 Å². The Labute approximate surface area is 165 Å². The van der Waals surface area contributed by atoms with Gasteiger partial charge in [0.1, 0.15) is 6.54 Å². The van der Waals surface area contributed by atoms with Gasteiger partial charge in [-0.25, -0.2) is 13.1 Å². The van der Waals surface area contributed by atoms with Gasteiger partial charge in [0.05, 0.1) is 0 Å². The van der Waals surface area contributed by atoms with E-state index in [4.69, 9.17) is 4.74 Å². The molecule has 0 amide bonds. The molecule has 0 spiro atoms. The van der Waals surface area contributed by atoms with Gasteiger partial charge in [-0.15, -0.1) is 0 Å². The van der Waals surface area contributed by atoms with E-state index in [0.29, 0.717) is 11.1 Å². The quantitative estimate of drug-likeness (QED) is 0.512. The molecule has 0 fully saturated rings. The number of sulfonamides is 1. The molecule has 0 atom stereocenters. The van der Waals surface area contributed by atoms with Crippen LogP contribution in [0.4, 0.5) is 0 Å². The molecule has 1 aromatic heterocycles. The molecule has 0 aliphatic rings. The van der Waals surface area contributed by atoms with Gasteiger partial charge in [-0.3, -0.25) is 9.59 Å². The van der Waals surface area contributed by atoms with Crippen molar-refractivity contribution >= 4 is 27.9 Å². The minimum absolute atomic E-state index is 0.326. The summed E-state index contributed by atoms with van der Waals surface area (Å²) in [7, 11) is -3.80. The van der Waals surface area contributed by atoms with Crippen LogP contribution in [-0.2, 0) is 26.1 Å². The molecule has 0 aliphatic carbocycles. The Morgan fingerprint density at radius 3 is 2.46 bits per heavy atom. The van der Waals surface area contributed by atoms with Gasteiger partial charge in [0, 0.05) is 28.9 Å². The third kappa shape index (κ3) is 5.90. The zero-order chi connectivity index (χ0) is 20.7. The Balaban J connectivity index is 1.85. The van der Waals surface area contributed by atoms with Crippen LogP contribution >= 0.6 is 0 Å². The minimum atomic E-state index is -3.80. The molecule has 2 rings (SSSR count). The number of hydrogen-bond donors (Lipinski definition) is 1. The smallest absolute Gasteiger partial charge is 0.321 e. The van der Waals surface area contributed by atoms with Crippen molar-refractivity contribution in [3.63, 3.8) is 0 Å². The monoisotopic (exact) mass is 404 g/mol. The van der Waals surface area contributed by atoms with E-state index in [1.54, 1.807) is 30.3 Å². The predicted molar refractivity (Wildman–Crippen MR) is 107 cm³/mol. The van der Waals surface area contributed by atoms with Crippen LogP contribution in [0.1, 0.15) is 34.2 Å². The molecule has 0 saturated heterocycles. The summed E-state index contributed by atoms with van der Waals surface area (Å²) in [5.41, 5.74) is 2.98. The minimum Gasteiger partial charge on any atom is -0.456 e. The normalized spacial score (nSPS) is 11.7. The van der Waals surface area contributed by atoms with Crippen molar-refractivity contribution in [1.82, 2.24) is 9.29 Å². The summed E-state index contributed by atoms with van der Waals surface area (Å²) in [6.45, 7) is 5.46. The number of esters is 1. The highest BCUT2D eigenvalue weighted by Crippen LogP contribution is 2.15. The second kappa shape index (κ2) is 9.48. The Kier molecular flexibility index (Phi) is 7.31. The van der Waals surface area contributed by atoms with Crippen molar-refractivity contribution in [2.24, 2.45) is 0 Å². The van der Waals surface area contributed by atoms with E-state index in [9.17, 15) is 18.0 Å². The van der Waals surface area contributed by atoms with E-state index < -0.39 is 29.1 Å². The van der Waals surface area contributed by atoms with Gasteiger partial charge in [0.15, 0.2) is 6.61 Å². The number of carbonyl (C=O) groups is 2. The lowest BCUT2D eigenvalue weighted by Crippen LogP contribution is -2.30. The van der Waals surface area contributed by atoms with Crippen LogP contribution in [0.25, 0.3) is 6.08 Å². The van der Waals surface area contributed by atoms with Crippen molar-refractivity contribution < 1.29 is 22.7 Å². The third-order valence-electron chi connectivity index (χ3n) is 4.21. The second-order valence-electron chi connectivity index (χ2n) is 6.19. The number of hydrogen-bond acceptors (Lipinski definition) is 5. The van der Waals surface area contributed by atoms with Crippen LogP contribution in [0.3, 0.4) is 0 Å². The number of aromatic nitrogens is 1. The van der Waals surface area contributed by atoms with Crippen LogP contribution in [0.2, 0.25) is 0 Å². The second-order valence-corrected chi connectivity index (χ2v) is 7.84. The van der Waals surface area contributed by atoms with Crippen LogP contribution in [-0.4, -0.2) is 37.9 Å². The summed E-state index contributed by atoms with van der Waals surface area (Å²) in [6.07, 6.45) is 1.42. The fourth-order valence-electron chi connectivity index (χ4n) is 2.78. The SMILES string of the molecule is CCn1c(C)cc(C(=O)COC(=O)CNS(=O)(=O)/C=C/c2ccccc2)c1C. The van der Waals surface area contributed by atoms with Gasteiger partial charge in [0.2, 0.25) is 15.8 Å². The van der Waals surface area contributed by atoms with E-state index in [-0.39, 0.29) is 5.78 Å². The van der Waals surface area contributed by atoms with Crippen LogP contribution in [0, 0.1) is 13.8 Å². The van der Waals surface area contributed by atoms with Crippen LogP contribution < -0.4 is 4.72 Å². The molecule has 0 radical (unpaired) electrons. The zero-order valence-corrected chi connectivity index (χ0v) is 17.0. The average Bonchev–Trinajstić information content (AvgIpc) is 2.97. The maximum atomic E-state index is 12.3. The number of aryl methyl sites for hydroxylation is 1. The van der Waals surface area contributed by atoms with Crippen molar-refractivity contribution in [2.45, 2.75) is 27.3 Å². The number of carbonyl (C=O) groups excluding carboxylic acids is 2. The summed E-state index contributed by atoms with van der Waals surface area (Å²) in [4.78, 5) is 24.1. The number of Topliss-reactive ketones (excluding diaryl/α,β-unsaturated/α-hetero) is 1. The van der Waals surface area contributed by atoms with Gasteiger partial charge in [-0.2, -0.15) is 0 Å². The molecule has 150 valence electrons. The number of benzene rings is 1. The highest BCUT2D eigenvalue weighted by molar-refractivity contribution is 7.92. The molecule has 1 aromatic carbocycles. The first-order chi connectivity index (χ1) is 13.2. The van der Waals surface area contributed by atoms with Crippen molar-refractivity contribution in [1.29, 1.82) is 0 Å². The first kappa shape index (κ1) is 21.6. The molecule has 1 heterocycles. The lowest BCUT2D eigenvalue weighted by molar-refractivity contribution is -0.141. The summed E-state index contributed by atoms with van der Waals surface area (Å²) >= 11 is 0. The molecule has 28 heavy (non-hydrogen) atoms. The number of ether oxygens (including phenoxy) is 1. The maximum absolute atomic E-state index is 12.3. The van der Waals surface area contributed by atoms with E-state index in [1.165, 1.54) is 6.08 Å². The molecule has 2 aromatic rings. The number of nitrogens with zero attached hydrogens (tertiary/aromatic N) is 1. The van der Waals surface area contributed by atoms with E-state index in [1.807, 2.05) is 31.4 Å². The molecule has 1 N–H and O–H groups in total. The molecule has 0 saturated carbocycles. The molecular formula is C20H24N2O5S. The molecule has 0 bridgehead atoms. The van der Waals surface area contributed by atoms with Gasteiger partial charge >= 0.3 is 5.97 Å². The van der Waals surface area contributed by atoms with Crippen LogP contribution in [0.15, 0.2) is 41.8 Å². The Morgan fingerprint density at radius 2 is 1.86 bits per heavy atom. The highest BCUT2D eigenvalue weighted by atomic mass is 32.2. The number of ketones is 1.